The van der Waals surface area contributed by atoms with Gasteiger partial charge in [0, 0.05) is 24.2 Å². The number of rotatable bonds is 2. The predicted molar refractivity (Wildman–Crippen MR) is 144 cm³/mol. The van der Waals surface area contributed by atoms with Crippen LogP contribution in [-0.4, -0.2) is 71.5 Å². The number of nitrogens with one attached hydrogen (secondary N) is 3. The molecular formula is C29H27N5O6. The highest BCUT2D eigenvalue weighted by Gasteiger charge is 2.38. The summed E-state index contributed by atoms with van der Waals surface area (Å²) in [7, 11) is 1.48. The second-order valence-electron chi connectivity index (χ2n) is 9.66. The van der Waals surface area contributed by atoms with Gasteiger partial charge >= 0.3 is 0 Å². The van der Waals surface area contributed by atoms with Gasteiger partial charge in [0.1, 0.15) is 11.9 Å². The number of imidazole rings is 1. The maximum absolute atomic E-state index is 13.5. The lowest BCUT2D eigenvalue weighted by Crippen LogP contribution is -2.45. The van der Waals surface area contributed by atoms with Crippen LogP contribution >= 0.6 is 0 Å². The number of aromatic amines is 1. The van der Waals surface area contributed by atoms with Gasteiger partial charge in [0.25, 0.3) is 17.7 Å². The van der Waals surface area contributed by atoms with E-state index in [9.17, 15) is 14.4 Å². The number of likely N-dealkylation sites (tertiary alicyclic amines) is 1. The summed E-state index contributed by atoms with van der Waals surface area (Å²) in [4.78, 5) is 48.1. The molecule has 4 heterocycles. The number of ether oxygens (including phenoxy) is 3. The second-order valence-corrected chi connectivity index (χ2v) is 9.66. The van der Waals surface area contributed by atoms with Crippen molar-refractivity contribution in [3.63, 3.8) is 0 Å². The number of hydrogen-bond donors (Lipinski definition) is 3. The maximum atomic E-state index is 13.5. The van der Waals surface area contributed by atoms with Crippen molar-refractivity contribution in [2.45, 2.75) is 18.7 Å². The van der Waals surface area contributed by atoms with Gasteiger partial charge in [-0.05, 0) is 54.1 Å². The molecule has 3 aliphatic heterocycles. The minimum Gasteiger partial charge on any atom is -0.493 e. The van der Waals surface area contributed by atoms with Crippen LogP contribution in [-0.2, 0) is 11.3 Å². The summed E-state index contributed by atoms with van der Waals surface area (Å²) >= 11 is 0. The van der Waals surface area contributed by atoms with E-state index in [2.05, 4.69) is 20.6 Å². The Morgan fingerprint density at radius 1 is 1.05 bits per heavy atom. The molecule has 3 aromatic carbocycles. The Hall–Kier alpha value is -5.06. The number of carbonyl (C=O) groups is 3. The Bertz CT molecular complexity index is 1580. The Morgan fingerprint density at radius 3 is 2.73 bits per heavy atom. The number of fused-ring (bicyclic) bond motifs is 8. The Labute approximate surface area is 229 Å². The van der Waals surface area contributed by atoms with Crippen molar-refractivity contribution in [2.75, 3.05) is 26.8 Å². The van der Waals surface area contributed by atoms with E-state index in [1.54, 1.807) is 53.7 Å². The number of methoxy groups -OCH3 is 1. The average Bonchev–Trinajstić information content (AvgIpc) is 3.61. The SMILES string of the molecule is COc1ccc2cc1OCC(=O)NCc1ccc(cc1)O[C@H]1CN(C(=O)c3ccc4nc[nH]c4c3)C[C@@H]1NC2=O. The lowest BCUT2D eigenvalue weighted by Gasteiger charge is -2.21. The van der Waals surface area contributed by atoms with Gasteiger partial charge in [-0.25, -0.2) is 4.98 Å². The molecule has 4 bridgehead atoms. The molecule has 1 saturated heterocycles. The van der Waals surface area contributed by atoms with Gasteiger partial charge in [-0.2, -0.15) is 0 Å². The van der Waals surface area contributed by atoms with Crippen molar-refractivity contribution in [2.24, 2.45) is 0 Å². The molecule has 204 valence electrons. The third kappa shape index (κ3) is 5.13. The first-order valence-electron chi connectivity index (χ1n) is 12.8. The van der Waals surface area contributed by atoms with Crippen molar-refractivity contribution in [1.82, 2.24) is 25.5 Å². The fourth-order valence-electron chi connectivity index (χ4n) is 4.89. The van der Waals surface area contributed by atoms with Crippen LogP contribution in [0, 0.1) is 0 Å². The summed E-state index contributed by atoms with van der Waals surface area (Å²) < 4.78 is 17.3. The van der Waals surface area contributed by atoms with Gasteiger partial charge < -0.3 is 34.7 Å². The molecule has 0 unspecified atom stereocenters. The number of aromatic nitrogens is 2. The van der Waals surface area contributed by atoms with Gasteiger partial charge in [-0.1, -0.05) is 12.1 Å². The highest BCUT2D eigenvalue weighted by Crippen LogP contribution is 2.29. The van der Waals surface area contributed by atoms with Gasteiger partial charge in [-0.3, -0.25) is 14.4 Å². The summed E-state index contributed by atoms with van der Waals surface area (Å²) in [6.45, 7) is 0.606. The fraction of sp³-hybridized carbons (Fsp3) is 0.241. The van der Waals surface area contributed by atoms with Crippen molar-refractivity contribution in [3.8, 4) is 17.2 Å². The summed E-state index contributed by atoms with van der Waals surface area (Å²) in [6.07, 6.45) is 1.08. The van der Waals surface area contributed by atoms with E-state index in [0.29, 0.717) is 29.2 Å². The highest BCUT2D eigenvalue weighted by molar-refractivity contribution is 5.98. The zero-order valence-electron chi connectivity index (χ0n) is 21.7. The van der Waals surface area contributed by atoms with E-state index < -0.39 is 12.1 Å². The molecule has 3 amide bonds. The summed E-state index contributed by atoms with van der Waals surface area (Å²) in [5.41, 5.74) is 3.25. The molecule has 7 rings (SSSR count). The summed E-state index contributed by atoms with van der Waals surface area (Å²) in [6, 6.07) is 16.9. The molecule has 0 radical (unpaired) electrons. The van der Waals surface area contributed by atoms with Crippen LogP contribution in [0.15, 0.2) is 67.0 Å². The molecule has 2 atom stereocenters. The topological polar surface area (TPSA) is 135 Å². The number of H-pyrrole nitrogens is 1. The second kappa shape index (κ2) is 10.6. The quantitative estimate of drug-likeness (QED) is 0.354. The number of hydrogen-bond acceptors (Lipinski definition) is 7. The van der Waals surface area contributed by atoms with Gasteiger partial charge in [0.2, 0.25) is 0 Å². The van der Waals surface area contributed by atoms with E-state index in [4.69, 9.17) is 14.2 Å². The fourth-order valence-corrected chi connectivity index (χ4v) is 4.89. The number of amides is 3. The molecule has 11 nitrogen and oxygen atoms in total. The molecular weight excluding hydrogens is 514 g/mol. The first-order chi connectivity index (χ1) is 19.5. The normalized spacial score (nSPS) is 19.2. The molecule has 0 spiro atoms. The molecule has 3 N–H and O–H groups in total. The van der Waals surface area contributed by atoms with Crippen molar-refractivity contribution >= 4 is 28.8 Å². The van der Waals surface area contributed by atoms with E-state index >= 15 is 0 Å². The van der Waals surface area contributed by atoms with Crippen LogP contribution in [0.25, 0.3) is 11.0 Å². The number of carbonyl (C=O) groups excluding carboxylic acids is 3. The lowest BCUT2D eigenvalue weighted by atomic mass is 10.1. The van der Waals surface area contributed by atoms with Crippen molar-refractivity contribution in [3.05, 3.63) is 83.7 Å². The zero-order valence-corrected chi connectivity index (χ0v) is 21.7. The van der Waals surface area contributed by atoms with Crippen LogP contribution in [0.5, 0.6) is 17.2 Å². The zero-order chi connectivity index (χ0) is 27.6. The lowest BCUT2D eigenvalue weighted by molar-refractivity contribution is -0.123. The van der Waals surface area contributed by atoms with Crippen LogP contribution in [0.2, 0.25) is 0 Å². The standard InChI is InChI=1S/C29H27N5O6/c1-38-24-9-5-18-11-25(24)39-15-27(35)30-12-17-2-6-20(7-3-17)40-26-14-34(13-23(26)33-28(18)36)29(37)19-4-8-21-22(10-19)32-16-31-21/h2-11,16,23,26H,12-15H2,1H3,(H,30,35)(H,31,32)(H,33,36)/t23-,26-/m0/s1. The largest absolute Gasteiger partial charge is 0.493 e. The Balaban J connectivity index is 1.30. The minimum absolute atomic E-state index is 0.171. The molecule has 4 aromatic rings. The molecule has 0 aliphatic carbocycles. The third-order valence-electron chi connectivity index (χ3n) is 7.02. The Kier molecular flexibility index (Phi) is 6.69. The van der Waals surface area contributed by atoms with Crippen LogP contribution in [0.3, 0.4) is 0 Å². The molecule has 40 heavy (non-hydrogen) atoms. The smallest absolute Gasteiger partial charge is 0.258 e. The van der Waals surface area contributed by atoms with Crippen molar-refractivity contribution in [1.29, 1.82) is 0 Å². The van der Waals surface area contributed by atoms with E-state index in [1.165, 1.54) is 13.2 Å². The maximum Gasteiger partial charge on any atom is 0.258 e. The van der Waals surface area contributed by atoms with Crippen LogP contribution in [0.1, 0.15) is 26.3 Å². The molecule has 1 aromatic heterocycles. The van der Waals surface area contributed by atoms with Crippen LogP contribution in [0.4, 0.5) is 0 Å². The molecule has 1 fully saturated rings. The van der Waals surface area contributed by atoms with Gasteiger partial charge in [-0.15, -0.1) is 0 Å². The number of benzene rings is 3. The first-order valence-corrected chi connectivity index (χ1v) is 12.8. The van der Waals surface area contributed by atoms with Crippen LogP contribution < -0.4 is 24.8 Å². The van der Waals surface area contributed by atoms with Gasteiger partial charge in [0.15, 0.2) is 18.1 Å². The van der Waals surface area contributed by atoms with E-state index in [1.807, 2.05) is 12.1 Å². The number of nitrogens with zero attached hydrogens (tertiary/aromatic N) is 2. The van der Waals surface area contributed by atoms with E-state index in [-0.39, 0.29) is 43.2 Å². The molecule has 3 aliphatic rings. The minimum atomic E-state index is -0.501. The van der Waals surface area contributed by atoms with Crippen molar-refractivity contribution < 1.29 is 28.6 Å². The monoisotopic (exact) mass is 541 g/mol. The summed E-state index contributed by atoms with van der Waals surface area (Å²) in [5.74, 6) is 0.396. The van der Waals surface area contributed by atoms with E-state index in [0.717, 1.165) is 16.6 Å². The first kappa shape index (κ1) is 25.2. The highest BCUT2D eigenvalue weighted by atomic mass is 16.5. The van der Waals surface area contributed by atoms with Gasteiger partial charge in [0.05, 0.1) is 37.1 Å². The predicted octanol–water partition coefficient (Wildman–Crippen LogP) is 2.28. The molecule has 0 saturated carbocycles. The molecule has 11 heteroatoms. The average molecular weight is 542 g/mol. The summed E-state index contributed by atoms with van der Waals surface area (Å²) in [5, 5.41) is 5.84. The Morgan fingerprint density at radius 2 is 1.90 bits per heavy atom. The third-order valence-corrected chi connectivity index (χ3v) is 7.02.